The van der Waals surface area contributed by atoms with Gasteiger partial charge in [-0.1, -0.05) is 200 Å². The maximum atomic E-state index is 2.63. The van der Waals surface area contributed by atoms with E-state index in [1.807, 2.05) is 0 Å². The minimum atomic E-state index is 0.619. The summed E-state index contributed by atoms with van der Waals surface area (Å²) < 4.78 is 0. The topological polar surface area (TPSA) is 6.48 Å². The summed E-state index contributed by atoms with van der Waals surface area (Å²) in [4.78, 5) is 5.09. The minimum absolute atomic E-state index is 0.619. The molecule has 0 aromatic heterocycles. The van der Waals surface area contributed by atoms with Crippen molar-refractivity contribution in [2.75, 3.05) is 13.6 Å². The van der Waals surface area contributed by atoms with Gasteiger partial charge in [0.05, 0.1) is 0 Å². The third-order valence-electron chi connectivity index (χ3n) is 9.68. The Morgan fingerprint density at radius 2 is 0.659 bits per heavy atom. The average Bonchev–Trinajstić information content (AvgIpc) is 3.33. The molecule has 244 valence electrons. The molecule has 0 aliphatic carbocycles. The summed E-state index contributed by atoms with van der Waals surface area (Å²) in [5, 5.41) is 0. The van der Waals surface area contributed by atoms with Crippen molar-refractivity contribution in [1.82, 2.24) is 9.80 Å². The fourth-order valence-electron chi connectivity index (χ4n) is 6.76. The fourth-order valence-corrected chi connectivity index (χ4v) is 6.76. The van der Waals surface area contributed by atoms with Crippen LogP contribution in [0, 0.1) is 0 Å². The van der Waals surface area contributed by atoms with Gasteiger partial charge >= 0.3 is 0 Å². The van der Waals surface area contributed by atoms with E-state index in [0.717, 1.165) is 0 Å². The molecule has 1 unspecified atom stereocenters. The van der Waals surface area contributed by atoms with E-state index in [1.165, 1.54) is 212 Å². The van der Waals surface area contributed by atoms with Crippen LogP contribution in [0.25, 0.3) is 0 Å². The van der Waals surface area contributed by atoms with E-state index < -0.39 is 0 Å². The summed E-state index contributed by atoms with van der Waals surface area (Å²) in [5.74, 6) is 0. The van der Waals surface area contributed by atoms with Gasteiger partial charge in [0.2, 0.25) is 0 Å². The van der Waals surface area contributed by atoms with Gasteiger partial charge in [-0.05, 0) is 19.3 Å². The molecule has 0 fully saturated rings. The number of nitrogens with zero attached hydrogens (tertiary/aromatic N) is 2. The molecule has 0 saturated heterocycles. The van der Waals surface area contributed by atoms with Gasteiger partial charge in [0.25, 0.3) is 0 Å². The first kappa shape index (κ1) is 38.4. The zero-order valence-electron chi connectivity index (χ0n) is 29.0. The first-order valence-electron chi connectivity index (χ1n) is 19.5. The molecule has 0 aromatic rings. The van der Waals surface area contributed by atoms with Crippen LogP contribution in [0.1, 0.15) is 219 Å². The van der Waals surface area contributed by atoms with Gasteiger partial charge in [-0.15, -0.1) is 0 Å². The van der Waals surface area contributed by atoms with Gasteiger partial charge in [0.15, 0.2) is 0 Å². The van der Waals surface area contributed by atoms with Crippen molar-refractivity contribution in [2.24, 2.45) is 0 Å². The van der Waals surface area contributed by atoms with Crippen molar-refractivity contribution >= 4 is 0 Å². The highest BCUT2D eigenvalue weighted by molar-refractivity contribution is 4.95. The molecule has 2 heteroatoms. The van der Waals surface area contributed by atoms with E-state index >= 15 is 0 Å². The number of unbranched alkanes of at least 4 members (excludes halogenated alkanes) is 29. The zero-order chi connectivity index (χ0) is 29.5. The molecule has 0 amide bonds. The van der Waals surface area contributed by atoms with Crippen molar-refractivity contribution in [3.63, 3.8) is 0 Å². The van der Waals surface area contributed by atoms with Crippen molar-refractivity contribution in [3.05, 3.63) is 12.4 Å². The Labute approximate surface area is 260 Å². The van der Waals surface area contributed by atoms with Crippen LogP contribution in [0.15, 0.2) is 12.4 Å². The van der Waals surface area contributed by atoms with Crippen LogP contribution < -0.4 is 0 Å². The largest absolute Gasteiger partial charge is 0.359 e. The summed E-state index contributed by atoms with van der Waals surface area (Å²) in [6.07, 6.45) is 51.6. The van der Waals surface area contributed by atoms with E-state index in [1.54, 1.807) is 0 Å². The van der Waals surface area contributed by atoms with Gasteiger partial charge in [-0.2, -0.15) is 0 Å². The Balaban J connectivity index is 1.85. The Morgan fingerprint density at radius 1 is 0.366 bits per heavy atom. The second-order valence-corrected chi connectivity index (χ2v) is 13.7. The van der Waals surface area contributed by atoms with Crippen LogP contribution in [-0.2, 0) is 0 Å². The minimum Gasteiger partial charge on any atom is -0.359 e. The first-order chi connectivity index (χ1) is 20.3. The maximum Gasteiger partial charge on any atom is 0.100 e. The summed E-state index contributed by atoms with van der Waals surface area (Å²) in [6.45, 7) is 5.87. The fraction of sp³-hybridized carbons (Fsp3) is 0.949. The molecule has 1 atom stereocenters. The summed E-state index contributed by atoms with van der Waals surface area (Å²) in [5.41, 5.74) is 0. The normalized spacial score (nSPS) is 15.0. The van der Waals surface area contributed by atoms with E-state index in [-0.39, 0.29) is 0 Å². The molecule has 0 spiro atoms. The van der Waals surface area contributed by atoms with Gasteiger partial charge in [-0.3, -0.25) is 0 Å². The molecular weight excluding hydrogens is 496 g/mol. The lowest BCUT2D eigenvalue weighted by atomic mass is 10.0. The molecule has 0 bridgehead atoms. The average molecular weight is 575 g/mol. The van der Waals surface area contributed by atoms with Crippen LogP contribution in [-0.4, -0.2) is 29.6 Å². The van der Waals surface area contributed by atoms with Crippen LogP contribution in [0.3, 0.4) is 0 Å². The molecule has 41 heavy (non-hydrogen) atoms. The Kier molecular flexibility index (Phi) is 28.8. The lowest BCUT2D eigenvalue weighted by molar-refractivity contribution is 0.159. The highest BCUT2D eigenvalue weighted by Gasteiger charge is 2.22. The molecule has 0 aromatic carbocycles. The molecule has 2 nitrogen and oxygen atoms in total. The smallest absolute Gasteiger partial charge is 0.100 e. The van der Waals surface area contributed by atoms with E-state index in [4.69, 9.17) is 0 Å². The summed E-state index contributed by atoms with van der Waals surface area (Å²) in [7, 11) is 2.28. The van der Waals surface area contributed by atoms with E-state index in [2.05, 4.69) is 43.1 Å². The number of hydrogen-bond donors (Lipinski definition) is 0. The highest BCUT2D eigenvalue weighted by atomic mass is 15.4. The summed E-state index contributed by atoms with van der Waals surface area (Å²) >= 11 is 0. The second-order valence-electron chi connectivity index (χ2n) is 13.7. The molecular formula is C39H78N2. The van der Waals surface area contributed by atoms with E-state index in [9.17, 15) is 0 Å². The second kappa shape index (κ2) is 30.8. The maximum absolute atomic E-state index is 2.63. The lowest BCUT2D eigenvalue weighted by Crippen LogP contribution is -2.37. The lowest BCUT2D eigenvalue weighted by Gasteiger charge is -2.30. The Bertz CT molecular complexity index is 530. The predicted molar refractivity (Wildman–Crippen MR) is 186 cm³/mol. The number of rotatable bonds is 33. The van der Waals surface area contributed by atoms with E-state index in [0.29, 0.717) is 6.17 Å². The standard InChI is InChI=1S/C39H78N2/c1-4-6-8-10-12-14-16-18-20-21-22-23-25-27-29-31-33-35-39-40(3)37-38-41(39)36-34-32-30-28-26-24-19-17-15-13-11-9-7-5-2/h37-39H,4-36H2,1-3H3. The third-order valence-corrected chi connectivity index (χ3v) is 9.68. The van der Waals surface area contributed by atoms with Crippen LogP contribution >= 0.6 is 0 Å². The van der Waals surface area contributed by atoms with Crippen molar-refractivity contribution in [1.29, 1.82) is 0 Å². The molecule has 1 rings (SSSR count). The van der Waals surface area contributed by atoms with Gasteiger partial charge in [0.1, 0.15) is 6.17 Å². The van der Waals surface area contributed by atoms with Gasteiger partial charge < -0.3 is 9.80 Å². The molecule has 1 aliphatic rings. The molecule has 0 radical (unpaired) electrons. The van der Waals surface area contributed by atoms with Crippen LogP contribution in [0.2, 0.25) is 0 Å². The highest BCUT2D eigenvalue weighted by Crippen LogP contribution is 2.22. The van der Waals surface area contributed by atoms with Crippen molar-refractivity contribution < 1.29 is 0 Å². The van der Waals surface area contributed by atoms with Gasteiger partial charge in [0, 0.05) is 26.0 Å². The van der Waals surface area contributed by atoms with Gasteiger partial charge in [-0.25, -0.2) is 0 Å². The zero-order valence-corrected chi connectivity index (χ0v) is 29.0. The predicted octanol–water partition coefficient (Wildman–Crippen LogP) is 13.6. The third kappa shape index (κ3) is 24.5. The first-order valence-corrected chi connectivity index (χ1v) is 19.5. The molecule has 0 saturated carbocycles. The quantitative estimate of drug-likeness (QED) is 0.0719. The van der Waals surface area contributed by atoms with Crippen LogP contribution in [0.5, 0.6) is 0 Å². The molecule has 1 aliphatic heterocycles. The van der Waals surface area contributed by atoms with Crippen molar-refractivity contribution in [2.45, 2.75) is 225 Å². The molecule has 1 heterocycles. The number of hydrogen-bond acceptors (Lipinski definition) is 2. The Hall–Kier alpha value is -0.660. The SMILES string of the molecule is CCCCCCCCCCCCCCCCCCCC1N(C)C=CN1CCCCCCCCCCCCCCCC. The van der Waals surface area contributed by atoms with Crippen molar-refractivity contribution in [3.8, 4) is 0 Å². The monoisotopic (exact) mass is 575 g/mol. The summed E-state index contributed by atoms with van der Waals surface area (Å²) in [6, 6.07) is 0. The molecule has 0 N–H and O–H groups in total. The Morgan fingerprint density at radius 3 is 1.00 bits per heavy atom. The van der Waals surface area contributed by atoms with Crippen LogP contribution in [0.4, 0.5) is 0 Å².